The predicted octanol–water partition coefficient (Wildman–Crippen LogP) is 1.11. The van der Waals surface area contributed by atoms with Gasteiger partial charge >= 0.3 is 6.09 Å². The van der Waals surface area contributed by atoms with E-state index in [0.29, 0.717) is 39.3 Å². The molecule has 0 spiro atoms. The zero-order chi connectivity index (χ0) is 18.4. The second kappa shape index (κ2) is 8.89. The average molecular weight is 360 g/mol. The zero-order valence-corrected chi connectivity index (χ0v) is 15.5. The minimum absolute atomic E-state index is 0.154. The number of anilines is 1. The van der Waals surface area contributed by atoms with E-state index >= 15 is 0 Å². The van der Waals surface area contributed by atoms with Gasteiger partial charge in [-0.25, -0.2) is 4.79 Å². The third-order valence-corrected chi connectivity index (χ3v) is 5.01. The smallest absolute Gasteiger partial charge is 0.409 e. The van der Waals surface area contributed by atoms with Crippen molar-refractivity contribution in [3.05, 3.63) is 30.3 Å². The third kappa shape index (κ3) is 4.66. The van der Waals surface area contributed by atoms with Crippen LogP contribution in [0.25, 0.3) is 0 Å². The number of piperazine rings is 2. The summed E-state index contributed by atoms with van der Waals surface area (Å²) in [5.41, 5.74) is 1.24. The standard InChI is InChI=1S/C19H28N4O3/c1-2-26-19(25)23-14-12-22(13-15-23)18(24)16-20-8-10-21(11-9-20)17-6-4-3-5-7-17/h3-7H,2,8-16H2,1H3. The van der Waals surface area contributed by atoms with E-state index in [1.165, 1.54) is 5.69 Å². The Morgan fingerprint density at radius 1 is 0.885 bits per heavy atom. The van der Waals surface area contributed by atoms with Crippen LogP contribution in [0.3, 0.4) is 0 Å². The lowest BCUT2D eigenvalue weighted by Gasteiger charge is -2.38. The molecular weight excluding hydrogens is 332 g/mol. The minimum atomic E-state index is -0.281. The quantitative estimate of drug-likeness (QED) is 0.805. The maximum atomic E-state index is 12.6. The van der Waals surface area contributed by atoms with Crippen LogP contribution in [0.2, 0.25) is 0 Å². The fourth-order valence-corrected chi connectivity index (χ4v) is 3.45. The zero-order valence-electron chi connectivity index (χ0n) is 15.5. The van der Waals surface area contributed by atoms with Gasteiger partial charge in [0.15, 0.2) is 0 Å². The molecule has 0 saturated carbocycles. The van der Waals surface area contributed by atoms with Crippen LogP contribution in [0.5, 0.6) is 0 Å². The first kappa shape index (κ1) is 18.5. The van der Waals surface area contributed by atoms with Crippen molar-refractivity contribution in [3.63, 3.8) is 0 Å². The van der Waals surface area contributed by atoms with Crippen molar-refractivity contribution < 1.29 is 14.3 Å². The normalized spacial score (nSPS) is 18.7. The largest absolute Gasteiger partial charge is 0.450 e. The molecule has 0 atom stereocenters. The van der Waals surface area contributed by atoms with Crippen LogP contribution >= 0.6 is 0 Å². The molecule has 0 N–H and O–H groups in total. The number of rotatable bonds is 4. The number of carbonyl (C=O) groups is 2. The van der Waals surface area contributed by atoms with E-state index in [4.69, 9.17) is 4.74 Å². The first-order valence-corrected chi connectivity index (χ1v) is 9.39. The summed E-state index contributed by atoms with van der Waals surface area (Å²) < 4.78 is 5.02. The Hall–Kier alpha value is -2.28. The summed E-state index contributed by atoms with van der Waals surface area (Å²) in [4.78, 5) is 32.4. The van der Waals surface area contributed by atoms with E-state index < -0.39 is 0 Å². The van der Waals surface area contributed by atoms with Crippen molar-refractivity contribution in [3.8, 4) is 0 Å². The van der Waals surface area contributed by atoms with Crippen LogP contribution in [0.15, 0.2) is 30.3 Å². The lowest BCUT2D eigenvalue weighted by atomic mass is 10.2. The highest BCUT2D eigenvalue weighted by atomic mass is 16.6. The number of benzene rings is 1. The van der Waals surface area contributed by atoms with Gasteiger partial charge in [0.05, 0.1) is 13.2 Å². The summed E-state index contributed by atoms with van der Waals surface area (Å²) in [5, 5.41) is 0. The summed E-state index contributed by atoms with van der Waals surface area (Å²) in [6.45, 7) is 8.57. The van der Waals surface area contributed by atoms with Crippen LogP contribution in [-0.4, -0.2) is 92.2 Å². The van der Waals surface area contributed by atoms with E-state index in [9.17, 15) is 9.59 Å². The van der Waals surface area contributed by atoms with E-state index in [0.717, 1.165) is 26.2 Å². The minimum Gasteiger partial charge on any atom is -0.450 e. The number of carbonyl (C=O) groups excluding carboxylic acids is 2. The molecule has 0 radical (unpaired) electrons. The Kier molecular flexibility index (Phi) is 6.33. The van der Waals surface area contributed by atoms with E-state index in [1.54, 1.807) is 11.8 Å². The van der Waals surface area contributed by atoms with Gasteiger partial charge in [-0.3, -0.25) is 9.69 Å². The monoisotopic (exact) mass is 360 g/mol. The van der Waals surface area contributed by atoms with Crippen molar-refractivity contribution in [2.24, 2.45) is 0 Å². The Morgan fingerprint density at radius 2 is 1.50 bits per heavy atom. The molecule has 0 aromatic heterocycles. The highest BCUT2D eigenvalue weighted by Gasteiger charge is 2.26. The van der Waals surface area contributed by atoms with Crippen molar-refractivity contribution in [1.82, 2.24) is 14.7 Å². The van der Waals surface area contributed by atoms with E-state index in [-0.39, 0.29) is 12.0 Å². The van der Waals surface area contributed by atoms with E-state index in [2.05, 4.69) is 34.1 Å². The number of para-hydroxylation sites is 1. The maximum absolute atomic E-state index is 12.6. The van der Waals surface area contributed by atoms with Crippen molar-refractivity contribution >= 4 is 17.7 Å². The molecule has 2 aliphatic heterocycles. The van der Waals surface area contributed by atoms with Gasteiger partial charge in [0.25, 0.3) is 0 Å². The van der Waals surface area contributed by atoms with E-state index in [1.807, 2.05) is 11.0 Å². The second-order valence-electron chi connectivity index (χ2n) is 6.67. The molecular formula is C19H28N4O3. The lowest BCUT2D eigenvalue weighted by molar-refractivity contribution is -0.134. The molecule has 7 nitrogen and oxygen atoms in total. The van der Waals surface area contributed by atoms with Gasteiger partial charge in [-0.05, 0) is 19.1 Å². The Morgan fingerprint density at radius 3 is 2.12 bits per heavy atom. The van der Waals surface area contributed by atoms with Crippen molar-refractivity contribution in [1.29, 1.82) is 0 Å². The molecule has 3 rings (SSSR count). The molecule has 1 aromatic rings. The van der Waals surface area contributed by atoms with Gasteiger partial charge < -0.3 is 19.4 Å². The maximum Gasteiger partial charge on any atom is 0.409 e. The summed E-state index contributed by atoms with van der Waals surface area (Å²) in [6, 6.07) is 10.4. The summed E-state index contributed by atoms with van der Waals surface area (Å²) in [5.74, 6) is 0.154. The highest BCUT2D eigenvalue weighted by molar-refractivity contribution is 5.78. The van der Waals surface area contributed by atoms with Crippen LogP contribution in [-0.2, 0) is 9.53 Å². The van der Waals surface area contributed by atoms with Gasteiger partial charge in [0.1, 0.15) is 0 Å². The number of ether oxygens (including phenoxy) is 1. The van der Waals surface area contributed by atoms with Gasteiger partial charge in [0, 0.05) is 58.0 Å². The molecule has 2 fully saturated rings. The molecule has 2 heterocycles. The third-order valence-electron chi connectivity index (χ3n) is 5.01. The molecule has 1 aromatic carbocycles. The van der Waals surface area contributed by atoms with Crippen LogP contribution in [0.4, 0.5) is 10.5 Å². The summed E-state index contributed by atoms with van der Waals surface area (Å²) in [7, 11) is 0. The van der Waals surface area contributed by atoms with Gasteiger partial charge in [-0.1, -0.05) is 18.2 Å². The van der Waals surface area contributed by atoms with Gasteiger partial charge in [0.2, 0.25) is 5.91 Å². The Labute approximate surface area is 155 Å². The molecule has 2 saturated heterocycles. The first-order valence-electron chi connectivity index (χ1n) is 9.39. The molecule has 0 unspecified atom stereocenters. The average Bonchev–Trinajstić information content (AvgIpc) is 2.69. The lowest BCUT2D eigenvalue weighted by Crippen LogP contribution is -2.54. The summed E-state index contributed by atoms with van der Waals surface area (Å²) in [6.07, 6.45) is -0.281. The number of hydrogen-bond acceptors (Lipinski definition) is 5. The Bertz CT molecular complexity index is 594. The summed E-state index contributed by atoms with van der Waals surface area (Å²) >= 11 is 0. The first-order chi connectivity index (χ1) is 12.7. The number of amides is 2. The van der Waals surface area contributed by atoms with Gasteiger partial charge in [-0.15, -0.1) is 0 Å². The second-order valence-corrected chi connectivity index (χ2v) is 6.67. The molecule has 7 heteroatoms. The highest BCUT2D eigenvalue weighted by Crippen LogP contribution is 2.15. The molecule has 26 heavy (non-hydrogen) atoms. The number of hydrogen-bond donors (Lipinski definition) is 0. The van der Waals surface area contributed by atoms with Crippen LogP contribution in [0.1, 0.15) is 6.92 Å². The Balaban J connectivity index is 1.40. The van der Waals surface area contributed by atoms with Crippen molar-refractivity contribution in [2.45, 2.75) is 6.92 Å². The SMILES string of the molecule is CCOC(=O)N1CCN(C(=O)CN2CCN(c3ccccc3)CC2)CC1. The van der Waals surface area contributed by atoms with Crippen molar-refractivity contribution in [2.75, 3.05) is 70.4 Å². The molecule has 142 valence electrons. The topological polar surface area (TPSA) is 56.3 Å². The fourth-order valence-electron chi connectivity index (χ4n) is 3.45. The molecule has 0 aliphatic carbocycles. The van der Waals surface area contributed by atoms with Gasteiger partial charge in [-0.2, -0.15) is 0 Å². The molecule has 2 aliphatic rings. The van der Waals surface area contributed by atoms with Crippen LogP contribution in [0, 0.1) is 0 Å². The fraction of sp³-hybridized carbons (Fsp3) is 0.579. The molecule has 0 bridgehead atoms. The van der Waals surface area contributed by atoms with Crippen LogP contribution < -0.4 is 4.90 Å². The molecule has 2 amide bonds. The number of nitrogens with zero attached hydrogens (tertiary/aromatic N) is 4. The predicted molar refractivity (Wildman–Crippen MR) is 100 cm³/mol.